The Bertz CT molecular complexity index is 845. The first-order chi connectivity index (χ1) is 14.7. The maximum atomic E-state index is 12.2. The van der Waals surface area contributed by atoms with Crippen molar-refractivity contribution >= 4 is 11.9 Å². The van der Waals surface area contributed by atoms with Crippen LogP contribution in [0.25, 0.3) is 0 Å². The molecule has 31 heavy (non-hydrogen) atoms. The van der Waals surface area contributed by atoms with Crippen LogP contribution in [0.2, 0.25) is 0 Å². The van der Waals surface area contributed by atoms with E-state index >= 15 is 0 Å². The Morgan fingerprint density at radius 2 is 2.06 bits per heavy atom. The Morgan fingerprint density at radius 3 is 2.68 bits per heavy atom. The third-order valence-corrected chi connectivity index (χ3v) is 5.91. The Morgan fingerprint density at radius 1 is 1.35 bits per heavy atom. The first-order valence-corrected chi connectivity index (χ1v) is 11.0. The molecule has 0 saturated heterocycles. The number of nitrogens with one attached hydrogen (secondary N) is 1. The van der Waals surface area contributed by atoms with Gasteiger partial charge in [0.2, 0.25) is 5.91 Å². The number of benzene rings is 1. The number of esters is 1. The van der Waals surface area contributed by atoms with Crippen LogP contribution in [0.4, 0.5) is 0 Å². The van der Waals surface area contributed by atoms with E-state index in [0.717, 1.165) is 24.2 Å². The fourth-order valence-electron chi connectivity index (χ4n) is 3.93. The number of ether oxygens (including phenoxy) is 2. The van der Waals surface area contributed by atoms with Gasteiger partial charge >= 0.3 is 5.97 Å². The number of phenolic OH excluding ortho intramolecular Hbond substituents is 1. The minimum absolute atomic E-state index is 0.0316. The SMILES string of the molecule is CCN(CCNC(=O)CC/C(C)=C/Cc1c(O)c2c(c(C)c1OC)COC2=O)C(C)C. The molecule has 0 spiro atoms. The minimum Gasteiger partial charge on any atom is -0.507 e. The van der Waals surface area contributed by atoms with Gasteiger partial charge in [-0.25, -0.2) is 4.79 Å². The van der Waals surface area contributed by atoms with Crippen molar-refractivity contribution in [1.82, 2.24) is 10.2 Å². The number of phenols is 1. The maximum Gasteiger partial charge on any atom is 0.342 e. The van der Waals surface area contributed by atoms with E-state index < -0.39 is 5.97 Å². The normalized spacial score (nSPS) is 13.5. The number of amides is 1. The number of allylic oxidation sites excluding steroid dienone is 2. The molecule has 0 atom stereocenters. The molecule has 7 nitrogen and oxygen atoms in total. The van der Waals surface area contributed by atoms with Crippen molar-refractivity contribution in [1.29, 1.82) is 0 Å². The van der Waals surface area contributed by atoms with Gasteiger partial charge in [0.15, 0.2) is 0 Å². The molecule has 0 aliphatic carbocycles. The summed E-state index contributed by atoms with van der Waals surface area (Å²) in [7, 11) is 1.55. The van der Waals surface area contributed by atoms with Crippen LogP contribution < -0.4 is 10.1 Å². The monoisotopic (exact) mass is 432 g/mol. The Kier molecular flexibility index (Phi) is 8.92. The number of methoxy groups -OCH3 is 1. The molecule has 1 aliphatic rings. The molecule has 1 aliphatic heterocycles. The van der Waals surface area contributed by atoms with Crippen LogP contribution in [0, 0.1) is 6.92 Å². The highest BCUT2D eigenvalue weighted by Gasteiger charge is 2.31. The molecule has 0 bridgehead atoms. The average molecular weight is 433 g/mol. The van der Waals surface area contributed by atoms with E-state index in [4.69, 9.17) is 9.47 Å². The van der Waals surface area contributed by atoms with Gasteiger partial charge in [-0.1, -0.05) is 18.6 Å². The molecular weight excluding hydrogens is 396 g/mol. The average Bonchev–Trinajstić information content (AvgIpc) is 3.12. The summed E-state index contributed by atoms with van der Waals surface area (Å²) < 4.78 is 10.6. The third-order valence-electron chi connectivity index (χ3n) is 5.91. The summed E-state index contributed by atoms with van der Waals surface area (Å²) in [6.45, 7) is 12.8. The summed E-state index contributed by atoms with van der Waals surface area (Å²) in [5.41, 5.74) is 3.33. The van der Waals surface area contributed by atoms with Gasteiger partial charge in [0.1, 0.15) is 23.7 Å². The van der Waals surface area contributed by atoms with E-state index in [0.29, 0.717) is 48.7 Å². The molecule has 7 heteroatoms. The van der Waals surface area contributed by atoms with Gasteiger partial charge in [-0.3, -0.25) is 9.69 Å². The Labute approximate surface area is 185 Å². The highest BCUT2D eigenvalue weighted by atomic mass is 16.5. The highest BCUT2D eigenvalue weighted by molar-refractivity contribution is 5.98. The fourth-order valence-corrected chi connectivity index (χ4v) is 3.93. The van der Waals surface area contributed by atoms with Crippen molar-refractivity contribution in [2.24, 2.45) is 0 Å². The molecule has 0 radical (unpaired) electrons. The van der Waals surface area contributed by atoms with Crippen LogP contribution in [0.1, 0.15) is 67.6 Å². The van der Waals surface area contributed by atoms with Crippen LogP contribution in [0.5, 0.6) is 11.5 Å². The van der Waals surface area contributed by atoms with Crippen molar-refractivity contribution in [2.75, 3.05) is 26.7 Å². The number of fused-ring (bicyclic) bond motifs is 1. The molecule has 0 aromatic heterocycles. The summed E-state index contributed by atoms with van der Waals surface area (Å²) in [4.78, 5) is 26.5. The van der Waals surface area contributed by atoms with Crippen LogP contribution in [-0.4, -0.2) is 54.7 Å². The minimum atomic E-state index is -0.504. The van der Waals surface area contributed by atoms with Gasteiger partial charge in [0.05, 0.1) is 7.11 Å². The van der Waals surface area contributed by atoms with Crippen LogP contribution in [-0.2, 0) is 22.6 Å². The van der Waals surface area contributed by atoms with E-state index in [1.54, 1.807) is 7.11 Å². The van der Waals surface area contributed by atoms with Gasteiger partial charge in [-0.2, -0.15) is 0 Å². The molecule has 1 aromatic carbocycles. The molecule has 0 fully saturated rings. The first kappa shape index (κ1) is 24.7. The van der Waals surface area contributed by atoms with E-state index in [2.05, 4.69) is 31.0 Å². The Hall–Kier alpha value is -2.54. The quantitative estimate of drug-likeness (QED) is 0.411. The fraction of sp³-hybridized carbons (Fsp3) is 0.583. The second kappa shape index (κ2) is 11.2. The number of cyclic esters (lactones) is 1. The zero-order valence-corrected chi connectivity index (χ0v) is 19.6. The highest BCUT2D eigenvalue weighted by Crippen LogP contribution is 2.42. The lowest BCUT2D eigenvalue weighted by atomic mass is 9.94. The van der Waals surface area contributed by atoms with Crippen LogP contribution in [0.3, 0.4) is 0 Å². The second-order valence-electron chi connectivity index (χ2n) is 8.24. The largest absolute Gasteiger partial charge is 0.507 e. The predicted octanol–water partition coefficient (Wildman–Crippen LogP) is 3.50. The summed E-state index contributed by atoms with van der Waals surface area (Å²) in [5, 5.41) is 13.7. The summed E-state index contributed by atoms with van der Waals surface area (Å²) in [6, 6.07) is 0.463. The van der Waals surface area contributed by atoms with Crippen molar-refractivity contribution in [3.8, 4) is 11.5 Å². The van der Waals surface area contributed by atoms with Gasteiger partial charge in [-0.05, 0) is 52.6 Å². The van der Waals surface area contributed by atoms with E-state index in [1.165, 1.54) is 0 Å². The number of likely N-dealkylation sites (N-methyl/N-ethyl adjacent to an activating group) is 1. The molecule has 1 aromatic rings. The van der Waals surface area contributed by atoms with Gasteiger partial charge in [0.25, 0.3) is 0 Å². The zero-order chi connectivity index (χ0) is 23.1. The zero-order valence-electron chi connectivity index (χ0n) is 19.6. The first-order valence-electron chi connectivity index (χ1n) is 11.0. The molecule has 0 unspecified atom stereocenters. The maximum absolute atomic E-state index is 12.2. The van der Waals surface area contributed by atoms with Crippen molar-refractivity contribution in [3.63, 3.8) is 0 Å². The molecule has 2 rings (SSSR count). The van der Waals surface area contributed by atoms with E-state index in [9.17, 15) is 14.7 Å². The number of nitrogens with zero attached hydrogens (tertiary/aromatic N) is 1. The molecule has 0 saturated carbocycles. The lowest BCUT2D eigenvalue weighted by Crippen LogP contribution is -2.38. The Balaban J connectivity index is 1.96. The lowest BCUT2D eigenvalue weighted by Gasteiger charge is -2.24. The van der Waals surface area contributed by atoms with Crippen molar-refractivity contribution < 1.29 is 24.2 Å². The number of rotatable bonds is 11. The smallest absolute Gasteiger partial charge is 0.342 e. The number of hydrogen-bond acceptors (Lipinski definition) is 6. The van der Waals surface area contributed by atoms with Gasteiger partial charge in [0, 0.05) is 36.7 Å². The number of carbonyl (C=O) groups is 2. The number of hydrogen-bond donors (Lipinski definition) is 2. The third kappa shape index (κ3) is 6.00. The number of carbonyl (C=O) groups excluding carboxylic acids is 2. The van der Waals surface area contributed by atoms with Gasteiger partial charge < -0.3 is 19.9 Å². The lowest BCUT2D eigenvalue weighted by molar-refractivity contribution is -0.121. The topological polar surface area (TPSA) is 88.1 Å². The second-order valence-corrected chi connectivity index (χ2v) is 8.24. The van der Waals surface area contributed by atoms with Crippen LogP contribution >= 0.6 is 0 Å². The standard InChI is InChI=1S/C24H36N2O5/c1-7-26(15(2)3)13-12-25-20(27)11-9-16(4)8-10-18-22(28)21-19(14-31-24(21)29)17(5)23(18)30-6/h8,15,28H,7,9-14H2,1-6H3,(H,25,27)/b16-8+. The van der Waals surface area contributed by atoms with Crippen molar-refractivity contribution in [3.05, 3.63) is 33.9 Å². The van der Waals surface area contributed by atoms with Crippen LogP contribution in [0.15, 0.2) is 11.6 Å². The van der Waals surface area contributed by atoms with E-state index in [1.807, 2.05) is 19.9 Å². The summed E-state index contributed by atoms with van der Waals surface area (Å²) >= 11 is 0. The predicted molar refractivity (Wildman–Crippen MR) is 121 cm³/mol. The summed E-state index contributed by atoms with van der Waals surface area (Å²) in [5.74, 6) is 0.0226. The molecule has 172 valence electrons. The van der Waals surface area contributed by atoms with E-state index in [-0.39, 0.29) is 23.8 Å². The molecule has 1 heterocycles. The summed E-state index contributed by atoms with van der Waals surface area (Å²) in [6.07, 6.45) is 3.41. The molecule has 2 N–H and O–H groups in total. The number of aromatic hydroxyl groups is 1. The molecule has 1 amide bonds. The molecular formula is C24H36N2O5. The van der Waals surface area contributed by atoms with Gasteiger partial charge in [-0.15, -0.1) is 0 Å². The van der Waals surface area contributed by atoms with Crippen molar-refractivity contribution in [2.45, 2.75) is 66.5 Å².